The standard InChI is InChI=1S/C13H18ClNO/c1-8-7-9(2)11(4)12(10(8)3)5-6-15-13(14)16/h7H,5-6H2,1-4H3,(H,15,16). The lowest BCUT2D eigenvalue weighted by Gasteiger charge is -2.15. The number of benzene rings is 1. The summed E-state index contributed by atoms with van der Waals surface area (Å²) in [5.41, 5.74) is 6.55. The zero-order valence-corrected chi connectivity index (χ0v) is 11.0. The molecule has 0 bridgehead atoms. The van der Waals surface area contributed by atoms with Crippen molar-refractivity contribution in [2.24, 2.45) is 0 Å². The molecule has 16 heavy (non-hydrogen) atoms. The molecule has 1 N–H and O–H groups in total. The zero-order chi connectivity index (χ0) is 12.3. The Morgan fingerprint density at radius 1 is 1.19 bits per heavy atom. The van der Waals surface area contributed by atoms with Crippen molar-refractivity contribution in [3.63, 3.8) is 0 Å². The second-order valence-corrected chi connectivity index (χ2v) is 4.53. The highest BCUT2D eigenvalue weighted by Crippen LogP contribution is 2.21. The molecule has 3 heteroatoms. The van der Waals surface area contributed by atoms with Crippen LogP contribution >= 0.6 is 11.6 Å². The summed E-state index contributed by atoms with van der Waals surface area (Å²) in [6.45, 7) is 9.07. The minimum atomic E-state index is -0.486. The van der Waals surface area contributed by atoms with Gasteiger partial charge >= 0.3 is 5.37 Å². The van der Waals surface area contributed by atoms with Crippen LogP contribution in [-0.4, -0.2) is 11.9 Å². The maximum Gasteiger partial charge on any atom is 0.313 e. The molecule has 0 fully saturated rings. The molecule has 0 aromatic heterocycles. The van der Waals surface area contributed by atoms with Crippen LogP contribution in [0.2, 0.25) is 0 Å². The average molecular weight is 240 g/mol. The Hall–Kier alpha value is -1.02. The minimum Gasteiger partial charge on any atom is -0.342 e. The molecule has 0 radical (unpaired) electrons. The summed E-state index contributed by atoms with van der Waals surface area (Å²) in [4.78, 5) is 10.6. The van der Waals surface area contributed by atoms with Crippen molar-refractivity contribution >= 4 is 17.0 Å². The van der Waals surface area contributed by atoms with Gasteiger partial charge in [-0.05, 0) is 73.5 Å². The number of halogens is 1. The topological polar surface area (TPSA) is 29.1 Å². The Morgan fingerprint density at radius 3 is 2.12 bits per heavy atom. The van der Waals surface area contributed by atoms with Gasteiger partial charge in [0.1, 0.15) is 0 Å². The maximum atomic E-state index is 10.6. The first-order valence-corrected chi connectivity index (χ1v) is 5.81. The molecule has 0 atom stereocenters. The van der Waals surface area contributed by atoms with Crippen LogP contribution in [0.15, 0.2) is 6.07 Å². The third kappa shape index (κ3) is 2.99. The second kappa shape index (κ2) is 5.35. The summed E-state index contributed by atoms with van der Waals surface area (Å²) in [6, 6.07) is 2.20. The fourth-order valence-electron chi connectivity index (χ4n) is 1.96. The van der Waals surface area contributed by atoms with E-state index < -0.39 is 5.37 Å². The normalized spacial score (nSPS) is 10.3. The fraction of sp³-hybridized carbons (Fsp3) is 0.462. The van der Waals surface area contributed by atoms with Gasteiger partial charge in [-0.3, -0.25) is 4.79 Å². The molecular weight excluding hydrogens is 222 g/mol. The molecule has 0 aliphatic rings. The van der Waals surface area contributed by atoms with Crippen molar-refractivity contribution in [3.8, 4) is 0 Å². The Kier molecular flexibility index (Phi) is 4.36. The first kappa shape index (κ1) is 13.0. The SMILES string of the molecule is Cc1cc(C)c(C)c(CCNC(=O)Cl)c1C. The van der Waals surface area contributed by atoms with E-state index in [1.54, 1.807) is 0 Å². The summed E-state index contributed by atoms with van der Waals surface area (Å²) in [7, 11) is 0. The number of aryl methyl sites for hydroxylation is 2. The van der Waals surface area contributed by atoms with Crippen LogP contribution in [0, 0.1) is 27.7 Å². The molecular formula is C13H18ClNO. The van der Waals surface area contributed by atoms with Gasteiger partial charge in [0.05, 0.1) is 0 Å². The van der Waals surface area contributed by atoms with Gasteiger partial charge in [-0.25, -0.2) is 0 Å². The molecule has 88 valence electrons. The van der Waals surface area contributed by atoms with E-state index in [1.807, 2.05) is 0 Å². The van der Waals surface area contributed by atoms with Crippen LogP contribution in [-0.2, 0) is 6.42 Å². The van der Waals surface area contributed by atoms with Gasteiger partial charge in [0.25, 0.3) is 0 Å². The van der Waals surface area contributed by atoms with Crippen LogP contribution in [0.4, 0.5) is 4.79 Å². The van der Waals surface area contributed by atoms with Gasteiger partial charge in [-0.15, -0.1) is 0 Å². The van der Waals surface area contributed by atoms with Crippen LogP contribution < -0.4 is 5.32 Å². The quantitative estimate of drug-likeness (QED) is 0.636. The second-order valence-electron chi connectivity index (χ2n) is 4.19. The molecule has 0 aliphatic carbocycles. The van der Waals surface area contributed by atoms with Crippen molar-refractivity contribution in [1.82, 2.24) is 5.32 Å². The van der Waals surface area contributed by atoms with E-state index in [0.717, 1.165) is 6.42 Å². The fourth-order valence-corrected chi connectivity index (χ4v) is 2.05. The molecule has 0 saturated carbocycles. The molecule has 2 nitrogen and oxygen atoms in total. The van der Waals surface area contributed by atoms with Crippen LogP contribution in [0.3, 0.4) is 0 Å². The number of hydrogen-bond acceptors (Lipinski definition) is 1. The van der Waals surface area contributed by atoms with Crippen molar-refractivity contribution in [2.75, 3.05) is 6.54 Å². The Bertz CT molecular complexity index is 387. The minimum absolute atomic E-state index is 0.486. The average Bonchev–Trinajstić information content (AvgIpc) is 2.20. The molecule has 0 aliphatic heterocycles. The Balaban J connectivity index is 2.90. The summed E-state index contributed by atoms with van der Waals surface area (Å²) >= 11 is 5.24. The van der Waals surface area contributed by atoms with Gasteiger partial charge < -0.3 is 5.32 Å². The number of rotatable bonds is 3. The molecule has 0 spiro atoms. The summed E-state index contributed by atoms with van der Waals surface area (Å²) in [6.07, 6.45) is 0.832. The van der Waals surface area contributed by atoms with E-state index in [2.05, 4.69) is 39.1 Å². The molecule has 1 aromatic rings. The van der Waals surface area contributed by atoms with Gasteiger partial charge in [0, 0.05) is 6.54 Å². The largest absolute Gasteiger partial charge is 0.342 e. The van der Waals surface area contributed by atoms with E-state index in [1.165, 1.54) is 27.8 Å². The van der Waals surface area contributed by atoms with E-state index in [9.17, 15) is 4.79 Å². The van der Waals surface area contributed by atoms with E-state index >= 15 is 0 Å². The lowest BCUT2D eigenvalue weighted by atomic mass is 9.92. The van der Waals surface area contributed by atoms with E-state index in [0.29, 0.717) is 6.54 Å². The Morgan fingerprint density at radius 2 is 1.69 bits per heavy atom. The van der Waals surface area contributed by atoms with Crippen LogP contribution in [0.1, 0.15) is 27.8 Å². The van der Waals surface area contributed by atoms with Crippen molar-refractivity contribution < 1.29 is 4.79 Å². The number of nitrogens with one attached hydrogen (secondary N) is 1. The zero-order valence-electron chi connectivity index (χ0n) is 10.3. The molecule has 0 saturated heterocycles. The first-order chi connectivity index (χ1) is 7.43. The van der Waals surface area contributed by atoms with Gasteiger partial charge in [-0.2, -0.15) is 0 Å². The lowest BCUT2D eigenvalue weighted by molar-refractivity contribution is 0.260. The number of amides is 1. The smallest absolute Gasteiger partial charge is 0.313 e. The number of hydrogen-bond donors (Lipinski definition) is 1. The highest BCUT2D eigenvalue weighted by Gasteiger charge is 2.08. The van der Waals surface area contributed by atoms with Crippen molar-refractivity contribution in [1.29, 1.82) is 0 Å². The van der Waals surface area contributed by atoms with Crippen molar-refractivity contribution in [2.45, 2.75) is 34.1 Å². The van der Waals surface area contributed by atoms with Crippen LogP contribution in [0.5, 0.6) is 0 Å². The summed E-state index contributed by atoms with van der Waals surface area (Å²) in [5, 5.41) is 2.13. The van der Waals surface area contributed by atoms with Gasteiger partial charge in [0.2, 0.25) is 0 Å². The third-order valence-corrected chi connectivity index (χ3v) is 3.29. The lowest BCUT2D eigenvalue weighted by Crippen LogP contribution is -2.20. The molecule has 1 amide bonds. The first-order valence-electron chi connectivity index (χ1n) is 5.43. The third-order valence-electron chi connectivity index (χ3n) is 3.16. The molecule has 1 aromatic carbocycles. The Labute approximate surface area is 102 Å². The highest BCUT2D eigenvalue weighted by molar-refractivity contribution is 6.62. The number of carbonyl (C=O) groups excluding carboxylic acids is 1. The monoisotopic (exact) mass is 239 g/mol. The van der Waals surface area contributed by atoms with Crippen molar-refractivity contribution in [3.05, 3.63) is 33.9 Å². The summed E-state index contributed by atoms with van der Waals surface area (Å²) < 4.78 is 0. The van der Waals surface area contributed by atoms with E-state index in [4.69, 9.17) is 11.6 Å². The van der Waals surface area contributed by atoms with Crippen LogP contribution in [0.25, 0.3) is 0 Å². The number of carbonyl (C=O) groups is 1. The highest BCUT2D eigenvalue weighted by atomic mass is 35.5. The predicted molar refractivity (Wildman–Crippen MR) is 68.3 cm³/mol. The van der Waals surface area contributed by atoms with Gasteiger partial charge in [-0.1, -0.05) is 6.07 Å². The van der Waals surface area contributed by atoms with Gasteiger partial charge in [0.15, 0.2) is 0 Å². The molecule has 0 heterocycles. The summed E-state index contributed by atoms with van der Waals surface area (Å²) in [5.74, 6) is 0. The molecule has 0 unspecified atom stereocenters. The predicted octanol–water partition coefficient (Wildman–Crippen LogP) is 3.41. The van der Waals surface area contributed by atoms with E-state index in [-0.39, 0.29) is 0 Å². The maximum absolute atomic E-state index is 10.6. The molecule has 1 rings (SSSR count).